The van der Waals surface area contributed by atoms with Crippen molar-refractivity contribution in [1.82, 2.24) is 14.3 Å². The number of aryl methyl sites for hydroxylation is 1. The lowest BCUT2D eigenvalue weighted by Gasteiger charge is -2.20. The van der Waals surface area contributed by atoms with Gasteiger partial charge in [0.2, 0.25) is 0 Å². The largest absolute Gasteiger partial charge is 0.338 e. The Labute approximate surface area is 124 Å². The number of nitrogens with zero attached hydrogens (tertiary/aromatic N) is 3. The number of unbranched alkanes of at least 4 members (excludes halogenated alkanes) is 1. The Morgan fingerprint density at radius 2 is 2.15 bits per heavy atom. The van der Waals surface area contributed by atoms with Crippen molar-refractivity contribution >= 4 is 23.2 Å². The Hall–Kier alpha value is -1.55. The Morgan fingerprint density at radius 3 is 2.80 bits per heavy atom. The van der Waals surface area contributed by atoms with Crippen LogP contribution in [-0.4, -0.2) is 33.3 Å². The van der Waals surface area contributed by atoms with Gasteiger partial charge in [0, 0.05) is 19.3 Å². The number of fused-ring (bicyclic) bond motifs is 1. The molecule has 2 rings (SSSR count). The maximum absolute atomic E-state index is 12.7. The summed E-state index contributed by atoms with van der Waals surface area (Å²) in [6.45, 7) is 7.46. The van der Waals surface area contributed by atoms with Crippen LogP contribution in [0.2, 0.25) is 5.02 Å². The number of carbonyl (C=O) groups excluding carboxylic acids is 1. The molecule has 4 nitrogen and oxygen atoms in total. The average Bonchev–Trinajstić information content (AvgIpc) is 2.74. The molecule has 2 aromatic heterocycles. The smallest absolute Gasteiger partial charge is 0.272 e. The van der Waals surface area contributed by atoms with Crippen molar-refractivity contribution in [2.24, 2.45) is 0 Å². The number of hydrogen-bond donors (Lipinski definition) is 0. The molecule has 0 aliphatic rings. The standard InChI is InChI=1S/C15H20ClN3O/c1-4-6-9-18(5-2)15(20)14-11(3)17-13-8-7-12(16)10-19(13)14/h7-8,10H,4-6,9H2,1-3H3. The van der Waals surface area contributed by atoms with Crippen LogP contribution in [0.3, 0.4) is 0 Å². The van der Waals surface area contributed by atoms with Gasteiger partial charge in [-0.2, -0.15) is 0 Å². The lowest BCUT2D eigenvalue weighted by molar-refractivity contribution is 0.0754. The molecule has 0 aromatic carbocycles. The first-order chi connectivity index (χ1) is 9.58. The summed E-state index contributed by atoms with van der Waals surface area (Å²) in [4.78, 5) is 19.0. The van der Waals surface area contributed by atoms with Gasteiger partial charge in [0.25, 0.3) is 5.91 Å². The van der Waals surface area contributed by atoms with Crippen molar-refractivity contribution in [3.63, 3.8) is 0 Å². The first-order valence-electron chi connectivity index (χ1n) is 7.02. The fourth-order valence-electron chi connectivity index (χ4n) is 2.30. The fourth-order valence-corrected chi connectivity index (χ4v) is 2.46. The van der Waals surface area contributed by atoms with Gasteiger partial charge in [-0.25, -0.2) is 4.98 Å². The van der Waals surface area contributed by atoms with Gasteiger partial charge < -0.3 is 4.90 Å². The van der Waals surface area contributed by atoms with Crippen molar-refractivity contribution in [2.45, 2.75) is 33.6 Å². The molecule has 0 N–H and O–H groups in total. The van der Waals surface area contributed by atoms with E-state index in [1.54, 1.807) is 16.7 Å². The van der Waals surface area contributed by atoms with Crippen LogP contribution in [0.4, 0.5) is 0 Å². The number of amides is 1. The summed E-state index contributed by atoms with van der Waals surface area (Å²) in [5.74, 6) is 0.0215. The number of pyridine rings is 1. The molecule has 0 fully saturated rings. The highest BCUT2D eigenvalue weighted by Crippen LogP contribution is 2.18. The molecule has 0 radical (unpaired) electrons. The van der Waals surface area contributed by atoms with E-state index >= 15 is 0 Å². The van der Waals surface area contributed by atoms with E-state index in [4.69, 9.17) is 11.6 Å². The second kappa shape index (κ2) is 6.27. The minimum atomic E-state index is 0.0215. The molecule has 0 atom stereocenters. The molecule has 0 aliphatic heterocycles. The predicted octanol–water partition coefficient (Wildman–Crippen LogP) is 3.56. The van der Waals surface area contributed by atoms with E-state index in [1.807, 2.05) is 24.8 Å². The van der Waals surface area contributed by atoms with Gasteiger partial charge in [0.05, 0.1) is 10.7 Å². The number of rotatable bonds is 5. The molecule has 0 spiro atoms. The van der Waals surface area contributed by atoms with Gasteiger partial charge in [0.1, 0.15) is 11.3 Å². The Morgan fingerprint density at radius 1 is 1.40 bits per heavy atom. The number of halogens is 1. The monoisotopic (exact) mass is 293 g/mol. The topological polar surface area (TPSA) is 37.6 Å². The van der Waals surface area contributed by atoms with Crippen LogP contribution in [0.15, 0.2) is 18.3 Å². The lowest BCUT2D eigenvalue weighted by Crippen LogP contribution is -2.33. The summed E-state index contributed by atoms with van der Waals surface area (Å²) >= 11 is 6.03. The molecule has 0 unspecified atom stereocenters. The van der Waals surface area contributed by atoms with Crippen molar-refractivity contribution in [2.75, 3.05) is 13.1 Å². The van der Waals surface area contributed by atoms with Crippen LogP contribution < -0.4 is 0 Å². The molecular weight excluding hydrogens is 274 g/mol. The van der Waals surface area contributed by atoms with Crippen LogP contribution in [0, 0.1) is 6.92 Å². The molecule has 1 amide bonds. The quantitative estimate of drug-likeness (QED) is 0.845. The van der Waals surface area contributed by atoms with E-state index in [9.17, 15) is 4.79 Å². The second-order valence-corrected chi connectivity index (χ2v) is 5.30. The molecule has 0 saturated heterocycles. The third kappa shape index (κ3) is 2.80. The van der Waals surface area contributed by atoms with Crippen LogP contribution in [0.25, 0.3) is 5.65 Å². The first-order valence-corrected chi connectivity index (χ1v) is 7.39. The lowest BCUT2D eigenvalue weighted by atomic mass is 10.2. The van der Waals surface area contributed by atoms with E-state index in [-0.39, 0.29) is 5.91 Å². The number of imidazole rings is 1. The van der Waals surface area contributed by atoms with Crippen LogP contribution >= 0.6 is 11.6 Å². The molecule has 5 heteroatoms. The zero-order valence-electron chi connectivity index (χ0n) is 12.2. The maximum Gasteiger partial charge on any atom is 0.272 e. The summed E-state index contributed by atoms with van der Waals surface area (Å²) in [6.07, 6.45) is 3.83. The molecule has 0 saturated carbocycles. The number of aromatic nitrogens is 2. The summed E-state index contributed by atoms with van der Waals surface area (Å²) in [7, 11) is 0. The van der Waals surface area contributed by atoms with Gasteiger partial charge in [-0.1, -0.05) is 24.9 Å². The molecular formula is C15H20ClN3O. The van der Waals surface area contributed by atoms with Crippen molar-refractivity contribution in [3.8, 4) is 0 Å². The predicted molar refractivity (Wildman–Crippen MR) is 81.4 cm³/mol. The van der Waals surface area contributed by atoms with E-state index < -0.39 is 0 Å². The molecule has 0 aliphatic carbocycles. The third-order valence-corrected chi connectivity index (χ3v) is 3.63. The minimum Gasteiger partial charge on any atom is -0.338 e. The number of carbonyl (C=O) groups is 1. The summed E-state index contributed by atoms with van der Waals surface area (Å²) in [5.41, 5.74) is 2.11. The normalized spacial score (nSPS) is 11.0. The van der Waals surface area contributed by atoms with Gasteiger partial charge in [-0.3, -0.25) is 9.20 Å². The summed E-state index contributed by atoms with van der Waals surface area (Å²) < 4.78 is 1.79. The Balaban J connectivity index is 2.42. The SMILES string of the molecule is CCCCN(CC)C(=O)c1c(C)nc2ccc(Cl)cn12. The van der Waals surface area contributed by atoms with Crippen molar-refractivity contribution < 1.29 is 4.79 Å². The van der Waals surface area contributed by atoms with E-state index in [1.165, 1.54) is 0 Å². The highest BCUT2D eigenvalue weighted by atomic mass is 35.5. The molecule has 20 heavy (non-hydrogen) atoms. The average molecular weight is 294 g/mol. The van der Waals surface area contributed by atoms with Crippen molar-refractivity contribution in [3.05, 3.63) is 34.7 Å². The van der Waals surface area contributed by atoms with Gasteiger partial charge in [-0.05, 0) is 32.4 Å². The molecule has 108 valence electrons. The maximum atomic E-state index is 12.7. The van der Waals surface area contributed by atoms with Gasteiger partial charge >= 0.3 is 0 Å². The van der Waals surface area contributed by atoms with Crippen molar-refractivity contribution in [1.29, 1.82) is 0 Å². The number of hydrogen-bond acceptors (Lipinski definition) is 2. The van der Waals surface area contributed by atoms with Gasteiger partial charge in [0.15, 0.2) is 0 Å². The zero-order valence-corrected chi connectivity index (χ0v) is 12.9. The van der Waals surface area contributed by atoms with Crippen LogP contribution in [0.1, 0.15) is 42.9 Å². The summed E-state index contributed by atoms with van der Waals surface area (Å²) in [5, 5.41) is 0.598. The van der Waals surface area contributed by atoms with E-state index in [0.717, 1.165) is 30.7 Å². The Kier molecular flexibility index (Phi) is 4.65. The van der Waals surface area contributed by atoms with E-state index in [2.05, 4.69) is 11.9 Å². The zero-order chi connectivity index (χ0) is 14.7. The van der Waals surface area contributed by atoms with E-state index in [0.29, 0.717) is 17.3 Å². The first kappa shape index (κ1) is 14.9. The minimum absolute atomic E-state index is 0.0215. The fraction of sp³-hybridized carbons (Fsp3) is 0.467. The Bertz CT molecular complexity index is 621. The molecule has 0 bridgehead atoms. The highest BCUT2D eigenvalue weighted by Gasteiger charge is 2.21. The molecule has 2 aromatic rings. The van der Waals surface area contributed by atoms with Crippen LogP contribution in [-0.2, 0) is 0 Å². The molecule has 2 heterocycles. The second-order valence-electron chi connectivity index (χ2n) is 4.86. The third-order valence-electron chi connectivity index (χ3n) is 3.41. The summed E-state index contributed by atoms with van der Waals surface area (Å²) in [6, 6.07) is 3.61. The highest BCUT2D eigenvalue weighted by molar-refractivity contribution is 6.30. The van der Waals surface area contributed by atoms with Crippen LogP contribution in [0.5, 0.6) is 0 Å². The van der Waals surface area contributed by atoms with Gasteiger partial charge in [-0.15, -0.1) is 0 Å².